The van der Waals surface area contributed by atoms with Gasteiger partial charge in [0, 0.05) is 12.2 Å². The van der Waals surface area contributed by atoms with Crippen molar-refractivity contribution < 1.29 is 14.3 Å². The van der Waals surface area contributed by atoms with Crippen molar-refractivity contribution in [3.05, 3.63) is 70.9 Å². The molecule has 0 aromatic carbocycles. The lowest BCUT2D eigenvalue weighted by Crippen LogP contribution is -2.04. The molecule has 0 saturated carbocycles. The summed E-state index contributed by atoms with van der Waals surface area (Å²) in [7, 11) is 0. The van der Waals surface area contributed by atoms with Gasteiger partial charge in [-0.3, -0.25) is 0 Å². The Morgan fingerprint density at radius 3 is 2.08 bits per heavy atom. The average molecular weight is 344 g/mol. The molecule has 0 amide bonds. The maximum absolute atomic E-state index is 11.5. The van der Waals surface area contributed by atoms with Gasteiger partial charge in [0.25, 0.3) is 0 Å². The van der Waals surface area contributed by atoms with Crippen LogP contribution in [0.2, 0.25) is 0 Å². The van der Waals surface area contributed by atoms with Gasteiger partial charge in [-0.1, -0.05) is 59.8 Å². The van der Waals surface area contributed by atoms with Crippen LogP contribution in [0, 0.1) is 0 Å². The SMILES string of the molecule is CCOC/C(C)=C/C(C)=C/C=C/C=C(C)/C=C/C=C(\C)C(=O)OCC. The van der Waals surface area contributed by atoms with Gasteiger partial charge >= 0.3 is 5.97 Å². The molecular weight excluding hydrogens is 312 g/mol. The van der Waals surface area contributed by atoms with Gasteiger partial charge in [0.2, 0.25) is 0 Å². The highest BCUT2D eigenvalue weighted by Crippen LogP contribution is 2.04. The van der Waals surface area contributed by atoms with Crippen LogP contribution in [0.5, 0.6) is 0 Å². The number of esters is 1. The molecule has 0 spiro atoms. The Morgan fingerprint density at radius 2 is 1.48 bits per heavy atom. The zero-order valence-electron chi connectivity index (χ0n) is 16.5. The molecule has 0 atom stereocenters. The summed E-state index contributed by atoms with van der Waals surface area (Å²) in [6, 6.07) is 0. The fourth-order valence-corrected chi connectivity index (χ4v) is 1.87. The second-order valence-corrected chi connectivity index (χ2v) is 5.76. The zero-order chi connectivity index (χ0) is 19.1. The summed E-state index contributed by atoms with van der Waals surface area (Å²) in [4.78, 5) is 11.5. The Bertz CT molecular complexity index is 584. The number of allylic oxidation sites excluding steroid dienone is 10. The highest BCUT2D eigenvalue weighted by atomic mass is 16.5. The van der Waals surface area contributed by atoms with Crippen LogP contribution < -0.4 is 0 Å². The summed E-state index contributed by atoms with van der Waals surface area (Å²) in [5.41, 5.74) is 4.08. The quantitative estimate of drug-likeness (QED) is 0.299. The zero-order valence-corrected chi connectivity index (χ0v) is 16.5. The molecule has 0 aliphatic heterocycles. The van der Waals surface area contributed by atoms with Crippen molar-refractivity contribution in [3.8, 4) is 0 Å². The third-order valence-corrected chi connectivity index (χ3v) is 3.14. The maximum atomic E-state index is 11.5. The monoisotopic (exact) mass is 344 g/mol. The van der Waals surface area contributed by atoms with Crippen molar-refractivity contribution in [1.82, 2.24) is 0 Å². The molecular formula is C22H32O3. The van der Waals surface area contributed by atoms with E-state index >= 15 is 0 Å². The number of ether oxygens (including phenoxy) is 2. The van der Waals surface area contributed by atoms with Crippen LogP contribution in [-0.2, 0) is 14.3 Å². The first-order valence-electron chi connectivity index (χ1n) is 8.69. The van der Waals surface area contributed by atoms with Gasteiger partial charge in [-0.25, -0.2) is 4.79 Å². The van der Waals surface area contributed by atoms with Crippen molar-refractivity contribution in [2.75, 3.05) is 19.8 Å². The van der Waals surface area contributed by atoms with Crippen LogP contribution in [0.25, 0.3) is 0 Å². The van der Waals surface area contributed by atoms with E-state index < -0.39 is 0 Å². The molecule has 3 heteroatoms. The van der Waals surface area contributed by atoms with E-state index in [-0.39, 0.29) is 5.97 Å². The van der Waals surface area contributed by atoms with E-state index in [9.17, 15) is 4.79 Å². The largest absolute Gasteiger partial charge is 0.463 e. The highest BCUT2D eigenvalue weighted by Gasteiger charge is 2.01. The molecule has 3 nitrogen and oxygen atoms in total. The molecule has 0 rings (SSSR count). The molecule has 0 aliphatic carbocycles. The number of carbonyl (C=O) groups excluding carboxylic acids is 1. The van der Waals surface area contributed by atoms with E-state index in [1.54, 1.807) is 19.9 Å². The number of rotatable bonds is 10. The van der Waals surface area contributed by atoms with Crippen molar-refractivity contribution in [2.45, 2.75) is 41.5 Å². The van der Waals surface area contributed by atoms with Crippen LogP contribution >= 0.6 is 0 Å². The summed E-state index contributed by atoms with van der Waals surface area (Å²) in [6.45, 7) is 13.5. The summed E-state index contributed by atoms with van der Waals surface area (Å²) in [5.74, 6) is -0.276. The third-order valence-electron chi connectivity index (χ3n) is 3.14. The van der Waals surface area contributed by atoms with Crippen molar-refractivity contribution in [3.63, 3.8) is 0 Å². The Labute approximate surface area is 153 Å². The minimum atomic E-state index is -0.276. The summed E-state index contributed by atoms with van der Waals surface area (Å²) in [6.07, 6.45) is 15.8. The van der Waals surface area contributed by atoms with Gasteiger partial charge in [0.05, 0.1) is 13.2 Å². The molecule has 0 saturated heterocycles. The molecule has 0 unspecified atom stereocenters. The molecule has 0 aromatic heterocycles. The molecule has 0 N–H and O–H groups in total. The maximum Gasteiger partial charge on any atom is 0.333 e. The summed E-state index contributed by atoms with van der Waals surface area (Å²) < 4.78 is 10.3. The van der Waals surface area contributed by atoms with Gasteiger partial charge in [0.1, 0.15) is 0 Å². The first-order chi connectivity index (χ1) is 11.9. The predicted octanol–water partition coefficient (Wildman–Crippen LogP) is 5.48. The molecule has 0 radical (unpaired) electrons. The van der Waals surface area contributed by atoms with Crippen LogP contribution in [-0.4, -0.2) is 25.8 Å². The van der Waals surface area contributed by atoms with Crippen molar-refractivity contribution in [2.24, 2.45) is 0 Å². The first-order valence-corrected chi connectivity index (χ1v) is 8.69. The van der Waals surface area contributed by atoms with Gasteiger partial charge in [-0.15, -0.1) is 0 Å². The fourth-order valence-electron chi connectivity index (χ4n) is 1.87. The predicted molar refractivity (Wildman–Crippen MR) is 106 cm³/mol. The van der Waals surface area contributed by atoms with Gasteiger partial charge in [-0.05, 0) is 47.1 Å². The number of hydrogen-bond donors (Lipinski definition) is 0. The van der Waals surface area contributed by atoms with Crippen LogP contribution in [0.15, 0.2) is 70.9 Å². The third kappa shape index (κ3) is 12.9. The molecule has 25 heavy (non-hydrogen) atoms. The number of hydrogen-bond acceptors (Lipinski definition) is 3. The second kappa shape index (κ2) is 14.2. The Hall–Kier alpha value is -2.13. The fraction of sp³-hybridized carbons (Fsp3) is 0.409. The van der Waals surface area contributed by atoms with E-state index in [0.717, 1.165) is 12.2 Å². The summed E-state index contributed by atoms with van der Waals surface area (Å²) >= 11 is 0. The Kier molecular flexibility index (Phi) is 13.0. The van der Waals surface area contributed by atoms with Crippen LogP contribution in [0.3, 0.4) is 0 Å². The molecule has 0 aromatic rings. The first kappa shape index (κ1) is 22.9. The average Bonchev–Trinajstić information content (AvgIpc) is 2.57. The summed E-state index contributed by atoms with van der Waals surface area (Å²) in [5, 5.41) is 0. The molecule has 0 aliphatic rings. The van der Waals surface area contributed by atoms with Crippen molar-refractivity contribution >= 4 is 5.97 Å². The second-order valence-electron chi connectivity index (χ2n) is 5.76. The van der Waals surface area contributed by atoms with Gasteiger partial charge in [-0.2, -0.15) is 0 Å². The van der Waals surface area contributed by atoms with E-state index in [0.29, 0.717) is 18.8 Å². The van der Waals surface area contributed by atoms with Crippen LogP contribution in [0.1, 0.15) is 41.5 Å². The topological polar surface area (TPSA) is 35.5 Å². The van der Waals surface area contributed by atoms with E-state index in [1.165, 1.54) is 11.1 Å². The molecule has 0 bridgehead atoms. The van der Waals surface area contributed by atoms with Gasteiger partial charge in [0.15, 0.2) is 0 Å². The lowest BCUT2D eigenvalue weighted by atomic mass is 10.2. The van der Waals surface area contributed by atoms with E-state index in [1.807, 2.05) is 44.2 Å². The lowest BCUT2D eigenvalue weighted by Gasteiger charge is -2.00. The molecule has 0 fully saturated rings. The van der Waals surface area contributed by atoms with Gasteiger partial charge < -0.3 is 9.47 Å². The van der Waals surface area contributed by atoms with E-state index in [2.05, 4.69) is 26.0 Å². The smallest absolute Gasteiger partial charge is 0.333 e. The Balaban J connectivity index is 4.58. The van der Waals surface area contributed by atoms with Crippen LogP contribution in [0.4, 0.5) is 0 Å². The minimum absolute atomic E-state index is 0.276. The normalized spacial score (nSPS) is 14.6. The molecule has 138 valence electrons. The van der Waals surface area contributed by atoms with E-state index in [4.69, 9.17) is 9.47 Å². The Morgan fingerprint density at radius 1 is 0.840 bits per heavy atom. The minimum Gasteiger partial charge on any atom is -0.463 e. The lowest BCUT2D eigenvalue weighted by molar-refractivity contribution is -0.138. The van der Waals surface area contributed by atoms with Crippen molar-refractivity contribution in [1.29, 1.82) is 0 Å². The highest BCUT2D eigenvalue weighted by molar-refractivity contribution is 5.88. The number of carbonyl (C=O) groups is 1. The standard InChI is InChI=1S/C22H32O3/c1-7-24-17-20(5)16-19(4)13-10-9-12-18(3)14-11-15-21(6)22(23)25-8-2/h9-16H,7-8,17H2,1-6H3/b10-9+,14-11+,18-12+,19-13+,20-16+,21-15+. The molecule has 0 heterocycles.